The van der Waals surface area contributed by atoms with E-state index in [1.807, 2.05) is 0 Å². The van der Waals surface area contributed by atoms with Crippen LogP contribution in [0.1, 0.15) is 23.6 Å². The topological polar surface area (TPSA) is 75.4 Å². The van der Waals surface area contributed by atoms with Crippen LogP contribution in [-0.4, -0.2) is 37.0 Å². The van der Waals surface area contributed by atoms with Crippen molar-refractivity contribution in [2.24, 2.45) is 0 Å². The van der Waals surface area contributed by atoms with Crippen LogP contribution in [0.2, 0.25) is 0 Å². The maximum absolute atomic E-state index is 14.1. The number of alkyl halides is 4. The minimum atomic E-state index is -4.93. The number of aromatic nitrogens is 2. The van der Waals surface area contributed by atoms with Gasteiger partial charge in [0.2, 0.25) is 5.60 Å². The summed E-state index contributed by atoms with van der Waals surface area (Å²) in [5, 5.41) is 24.3. The Kier molecular flexibility index (Phi) is 4.71. The molecule has 2 atom stereocenters. The summed E-state index contributed by atoms with van der Waals surface area (Å²) in [5.41, 5.74) is -1.56. The highest BCUT2D eigenvalue weighted by Crippen LogP contribution is 2.57. The van der Waals surface area contributed by atoms with E-state index in [0.717, 1.165) is 0 Å². The third-order valence-corrected chi connectivity index (χ3v) is 5.80. The molecule has 1 aromatic heterocycles. The minimum absolute atomic E-state index is 0.138. The number of aliphatic hydroxyl groups is 1. The van der Waals surface area contributed by atoms with Crippen LogP contribution in [0, 0.1) is 6.92 Å². The average Bonchev–Trinajstić information content (AvgIpc) is 3.23. The predicted molar refractivity (Wildman–Crippen MR) is 109 cm³/mol. The second kappa shape index (κ2) is 6.83. The zero-order chi connectivity index (χ0) is 22.8. The van der Waals surface area contributed by atoms with E-state index < -0.39 is 22.6 Å². The van der Waals surface area contributed by atoms with Crippen LogP contribution in [0.4, 0.5) is 13.2 Å². The number of nitrogens with zero attached hydrogens (tertiary/aromatic N) is 2. The SMILES string of the molecule is Cc1cc(-c2cnn(CC(C)(Cl)C(=O)O)c2)c2c(c1)C(O)(C(F)(F)F)c1ccccc1-2. The number of rotatable bonds is 4. The van der Waals surface area contributed by atoms with E-state index in [2.05, 4.69) is 5.10 Å². The molecular weight excluding hydrogens is 433 g/mol. The normalized spacial score (nSPS) is 19.6. The van der Waals surface area contributed by atoms with Gasteiger partial charge in [0, 0.05) is 22.9 Å². The van der Waals surface area contributed by atoms with Crippen LogP contribution in [0.25, 0.3) is 22.3 Å². The maximum Gasteiger partial charge on any atom is 0.425 e. The van der Waals surface area contributed by atoms with Gasteiger partial charge in [-0.3, -0.25) is 9.48 Å². The number of fused-ring (bicyclic) bond motifs is 3. The van der Waals surface area contributed by atoms with Gasteiger partial charge < -0.3 is 10.2 Å². The van der Waals surface area contributed by atoms with Crippen molar-refractivity contribution in [1.29, 1.82) is 0 Å². The van der Waals surface area contributed by atoms with E-state index >= 15 is 0 Å². The Balaban J connectivity index is 1.92. The first-order valence-corrected chi connectivity index (χ1v) is 9.73. The summed E-state index contributed by atoms with van der Waals surface area (Å²) in [6.07, 6.45) is -1.95. The number of aliphatic carboxylic acids is 1. The summed E-state index contributed by atoms with van der Waals surface area (Å²) in [6, 6.07) is 8.95. The van der Waals surface area contributed by atoms with Gasteiger partial charge in [0.15, 0.2) is 4.87 Å². The lowest BCUT2D eigenvalue weighted by molar-refractivity contribution is -0.246. The van der Waals surface area contributed by atoms with Crippen molar-refractivity contribution in [2.75, 3.05) is 0 Å². The van der Waals surface area contributed by atoms with Gasteiger partial charge in [-0.05, 0) is 30.5 Å². The molecule has 2 N–H and O–H groups in total. The fourth-order valence-corrected chi connectivity index (χ4v) is 4.14. The Morgan fingerprint density at radius 2 is 1.87 bits per heavy atom. The predicted octanol–water partition coefficient (Wildman–Crippen LogP) is 4.72. The molecule has 0 spiro atoms. The molecule has 5 nitrogen and oxygen atoms in total. The number of halogens is 4. The summed E-state index contributed by atoms with van der Waals surface area (Å²) in [7, 11) is 0. The first kappa shape index (κ1) is 21.4. The van der Waals surface area contributed by atoms with E-state index in [-0.39, 0.29) is 28.8 Å². The number of benzene rings is 2. The summed E-state index contributed by atoms with van der Waals surface area (Å²) in [4.78, 5) is 9.70. The molecule has 0 saturated carbocycles. The molecule has 4 rings (SSSR count). The van der Waals surface area contributed by atoms with Crippen LogP contribution < -0.4 is 0 Å². The molecule has 0 amide bonds. The molecule has 1 aliphatic rings. The standard InChI is InChI=1S/C22H18ClF3N2O3/c1-12-7-15(13-9-27-28(10-13)11-20(2,23)19(29)30)18-14-5-3-4-6-16(14)21(31,17(18)8-12)22(24,25)26/h3-10,31H,11H2,1-2H3,(H,29,30). The molecule has 3 aromatic rings. The number of hydrogen-bond donors (Lipinski definition) is 2. The van der Waals surface area contributed by atoms with Gasteiger partial charge in [0.1, 0.15) is 0 Å². The lowest BCUT2D eigenvalue weighted by Crippen LogP contribution is -2.41. The first-order valence-electron chi connectivity index (χ1n) is 9.35. The van der Waals surface area contributed by atoms with E-state index in [1.165, 1.54) is 42.2 Å². The van der Waals surface area contributed by atoms with E-state index in [4.69, 9.17) is 11.6 Å². The number of hydrogen-bond acceptors (Lipinski definition) is 3. The minimum Gasteiger partial charge on any atom is -0.480 e. The summed E-state index contributed by atoms with van der Waals surface area (Å²) < 4.78 is 43.6. The fourth-order valence-electron chi connectivity index (χ4n) is 4.02. The fraction of sp³-hybridized carbons (Fsp3) is 0.273. The van der Waals surface area contributed by atoms with Gasteiger partial charge in [-0.15, -0.1) is 11.6 Å². The molecule has 2 unspecified atom stereocenters. The lowest BCUT2D eigenvalue weighted by atomic mass is 9.88. The van der Waals surface area contributed by atoms with Gasteiger partial charge in [-0.25, -0.2) is 0 Å². The number of carboxylic acids is 1. The van der Waals surface area contributed by atoms with Crippen molar-refractivity contribution < 1.29 is 28.2 Å². The van der Waals surface area contributed by atoms with Crippen LogP contribution in [-0.2, 0) is 16.9 Å². The molecule has 0 bridgehead atoms. The second-order valence-corrected chi connectivity index (χ2v) is 8.75. The van der Waals surface area contributed by atoms with E-state index in [0.29, 0.717) is 16.7 Å². The summed E-state index contributed by atoms with van der Waals surface area (Å²) in [5.74, 6) is -1.22. The molecule has 2 aromatic carbocycles. The molecule has 162 valence electrons. The molecule has 0 fully saturated rings. The van der Waals surface area contributed by atoms with Crippen molar-refractivity contribution in [2.45, 2.75) is 37.0 Å². The Morgan fingerprint density at radius 3 is 2.52 bits per heavy atom. The van der Waals surface area contributed by atoms with Crippen LogP contribution >= 0.6 is 11.6 Å². The zero-order valence-electron chi connectivity index (χ0n) is 16.5. The molecule has 1 aliphatic carbocycles. The van der Waals surface area contributed by atoms with Crippen molar-refractivity contribution in [3.63, 3.8) is 0 Å². The van der Waals surface area contributed by atoms with Gasteiger partial charge in [0.25, 0.3) is 0 Å². The molecule has 0 aliphatic heterocycles. The van der Waals surface area contributed by atoms with Crippen molar-refractivity contribution in [3.8, 4) is 22.3 Å². The quantitative estimate of drug-likeness (QED) is 0.564. The molecule has 31 heavy (non-hydrogen) atoms. The summed E-state index contributed by atoms with van der Waals surface area (Å²) >= 11 is 6.02. The van der Waals surface area contributed by atoms with Crippen molar-refractivity contribution in [3.05, 3.63) is 65.5 Å². The smallest absolute Gasteiger partial charge is 0.425 e. The monoisotopic (exact) mass is 450 g/mol. The van der Waals surface area contributed by atoms with E-state index in [9.17, 15) is 28.2 Å². The third-order valence-electron chi connectivity index (χ3n) is 5.52. The largest absolute Gasteiger partial charge is 0.480 e. The van der Waals surface area contributed by atoms with Gasteiger partial charge in [0.05, 0.1) is 12.7 Å². The highest BCUT2D eigenvalue weighted by atomic mass is 35.5. The Labute approximate surface area is 180 Å². The highest BCUT2D eigenvalue weighted by Gasteiger charge is 2.61. The molecular formula is C22H18ClF3N2O3. The van der Waals surface area contributed by atoms with Gasteiger partial charge in [-0.1, -0.05) is 42.0 Å². The molecule has 9 heteroatoms. The Hall–Kier alpha value is -2.84. The van der Waals surface area contributed by atoms with Gasteiger partial charge >= 0.3 is 12.1 Å². The Morgan fingerprint density at radius 1 is 1.19 bits per heavy atom. The van der Waals surface area contributed by atoms with Crippen LogP contribution in [0.15, 0.2) is 48.8 Å². The second-order valence-electron chi connectivity index (χ2n) is 7.92. The molecule has 0 saturated heterocycles. The lowest BCUT2D eigenvalue weighted by Gasteiger charge is -2.28. The van der Waals surface area contributed by atoms with Crippen LogP contribution in [0.5, 0.6) is 0 Å². The number of carbonyl (C=O) groups is 1. The Bertz CT molecular complexity index is 1200. The van der Waals surface area contributed by atoms with Crippen molar-refractivity contribution in [1.82, 2.24) is 9.78 Å². The maximum atomic E-state index is 14.1. The van der Waals surface area contributed by atoms with Gasteiger partial charge in [-0.2, -0.15) is 18.3 Å². The molecule has 0 radical (unpaired) electrons. The summed E-state index contributed by atoms with van der Waals surface area (Å²) in [6.45, 7) is 2.84. The van der Waals surface area contributed by atoms with Crippen LogP contribution in [0.3, 0.4) is 0 Å². The van der Waals surface area contributed by atoms with E-state index in [1.54, 1.807) is 25.1 Å². The first-order chi connectivity index (χ1) is 14.4. The highest BCUT2D eigenvalue weighted by molar-refractivity contribution is 6.33. The van der Waals surface area contributed by atoms with Crippen molar-refractivity contribution >= 4 is 17.6 Å². The third kappa shape index (κ3) is 3.21. The number of aryl methyl sites for hydroxylation is 1. The molecule has 1 heterocycles. The zero-order valence-corrected chi connectivity index (χ0v) is 17.3. The average molecular weight is 451 g/mol. The number of carboxylic acid groups (broad SMARTS) is 1.